The van der Waals surface area contributed by atoms with Crippen molar-refractivity contribution in [2.24, 2.45) is 11.7 Å². The number of amides is 1. The Balaban J connectivity index is 3.60. The largest absolute Gasteiger partial charge is 0.369 e. The molecule has 0 aromatic carbocycles. The van der Waals surface area contributed by atoms with Crippen LogP contribution in [0.2, 0.25) is 0 Å². The zero-order chi connectivity index (χ0) is 8.69. The molecule has 11 heavy (non-hydrogen) atoms. The molecule has 4 heteroatoms. The van der Waals surface area contributed by atoms with Crippen LogP contribution < -0.4 is 11.1 Å². The van der Waals surface area contributed by atoms with Gasteiger partial charge in [-0.1, -0.05) is 6.92 Å². The Morgan fingerprint density at radius 1 is 1.73 bits per heavy atom. The average molecular weight is 176 g/mol. The van der Waals surface area contributed by atoms with Gasteiger partial charge in [0.1, 0.15) is 0 Å². The molecule has 0 saturated heterocycles. The van der Waals surface area contributed by atoms with E-state index in [0.717, 1.165) is 13.0 Å². The van der Waals surface area contributed by atoms with Crippen molar-refractivity contribution in [3.63, 3.8) is 0 Å². The van der Waals surface area contributed by atoms with Gasteiger partial charge in [0.2, 0.25) is 5.91 Å². The van der Waals surface area contributed by atoms with E-state index in [4.69, 9.17) is 5.73 Å². The highest BCUT2D eigenvalue weighted by molar-refractivity contribution is 7.80. The second kappa shape index (κ2) is 6.49. The Bertz CT molecular complexity index is 119. The van der Waals surface area contributed by atoms with Crippen LogP contribution in [-0.4, -0.2) is 24.7 Å². The van der Waals surface area contributed by atoms with Crippen molar-refractivity contribution < 1.29 is 4.79 Å². The van der Waals surface area contributed by atoms with Gasteiger partial charge in [-0.25, -0.2) is 0 Å². The third-order valence-electron chi connectivity index (χ3n) is 1.52. The molecule has 0 heterocycles. The summed E-state index contributed by atoms with van der Waals surface area (Å²) >= 11 is 4.04. The monoisotopic (exact) mass is 176 g/mol. The van der Waals surface area contributed by atoms with Crippen LogP contribution in [0.15, 0.2) is 0 Å². The number of nitrogens with two attached hydrogens (primary N) is 1. The molecule has 1 unspecified atom stereocenters. The summed E-state index contributed by atoms with van der Waals surface area (Å²) in [6.07, 6.45) is 0.755. The van der Waals surface area contributed by atoms with Gasteiger partial charge in [0, 0.05) is 6.54 Å². The minimum Gasteiger partial charge on any atom is -0.369 e. The number of rotatable bonds is 6. The summed E-state index contributed by atoms with van der Waals surface area (Å²) in [4.78, 5) is 10.7. The topological polar surface area (TPSA) is 55.1 Å². The van der Waals surface area contributed by atoms with Crippen LogP contribution in [0.3, 0.4) is 0 Å². The van der Waals surface area contributed by atoms with Crippen LogP contribution in [-0.2, 0) is 4.79 Å². The van der Waals surface area contributed by atoms with E-state index in [0.29, 0.717) is 12.3 Å². The zero-order valence-electron chi connectivity index (χ0n) is 6.84. The summed E-state index contributed by atoms with van der Waals surface area (Å²) < 4.78 is 0. The number of hydrogen-bond acceptors (Lipinski definition) is 3. The van der Waals surface area contributed by atoms with E-state index < -0.39 is 0 Å². The maximum absolute atomic E-state index is 10.7. The minimum absolute atomic E-state index is 0.0625. The lowest BCUT2D eigenvalue weighted by Gasteiger charge is -2.11. The van der Waals surface area contributed by atoms with Crippen LogP contribution in [0, 0.1) is 5.92 Å². The fourth-order valence-corrected chi connectivity index (χ4v) is 1.13. The Morgan fingerprint density at radius 3 is 2.73 bits per heavy atom. The second-order valence-corrected chi connectivity index (χ2v) is 2.87. The number of carbonyl (C=O) groups is 1. The van der Waals surface area contributed by atoms with Crippen molar-refractivity contribution in [3.8, 4) is 0 Å². The van der Waals surface area contributed by atoms with Crippen molar-refractivity contribution in [2.45, 2.75) is 13.3 Å². The molecular formula is C7H16N2OS. The molecule has 0 fully saturated rings. The highest BCUT2D eigenvalue weighted by Crippen LogP contribution is 2.01. The van der Waals surface area contributed by atoms with Gasteiger partial charge < -0.3 is 11.1 Å². The van der Waals surface area contributed by atoms with Gasteiger partial charge in [-0.05, 0) is 18.7 Å². The molecule has 0 radical (unpaired) electrons. The number of primary amides is 1. The van der Waals surface area contributed by atoms with Gasteiger partial charge in [0.15, 0.2) is 0 Å². The Morgan fingerprint density at radius 2 is 2.36 bits per heavy atom. The van der Waals surface area contributed by atoms with E-state index in [1.54, 1.807) is 0 Å². The van der Waals surface area contributed by atoms with Crippen LogP contribution in [0.25, 0.3) is 0 Å². The summed E-state index contributed by atoms with van der Waals surface area (Å²) in [5, 5.41) is 3.08. The van der Waals surface area contributed by atoms with Crippen LogP contribution in [0.1, 0.15) is 13.3 Å². The summed E-state index contributed by atoms with van der Waals surface area (Å²) in [6.45, 7) is 3.54. The smallest absolute Gasteiger partial charge is 0.221 e. The molecule has 0 aliphatic rings. The average Bonchev–Trinajstić information content (AvgIpc) is 1.97. The molecule has 0 aliphatic carbocycles. The summed E-state index contributed by atoms with van der Waals surface area (Å²) in [7, 11) is 0. The molecule has 0 bridgehead atoms. The lowest BCUT2D eigenvalue weighted by atomic mass is 10.1. The van der Waals surface area contributed by atoms with Crippen molar-refractivity contribution in [3.05, 3.63) is 0 Å². The predicted molar refractivity (Wildman–Crippen MR) is 49.7 cm³/mol. The van der Waals surface area contributed by atoms with E-state index in [1.165, 1.54) is 0 Å². The molecule has 0 aromatic rings. The third kappa shape index (κ3) is 5.09. The van der Waals surface area contributed by atoms with Crippen molar-refractivity contribution in [1.82, 2.24) is 5.32 Å². The maximum atomic E-state index is 10.7. The molecule has 0 rings (SSSR count). The Kier molecular flexibility index (Phi) is 6.36. The molecule has 0 spiro atoms. The van der Waals surface area contributed by atoms with E-state index in [9.17, 15) is 4.79 Å². The van der Waals surface area contributed by atoms with E-state index >= 15 is 0 Å². The van der Waals surface area contributed by atoms with E-state index in [1.807, 2.05) is 6.92 Å². The van der Waals surface area contributed by atoms with E-state index in [2.05, 4.69) is 17.9 Å². The van der Waals surface area contributed by atoms with E-state index in [-0.39, 0.29) is 11.8 Å². The first-order valence-corrected chi connectivity index (χ1v) is 4.46. The Hall–Kier alpha value is -0.220. The highest BCUT2D eigenvalue weighted by atomic mass is 32.1. The zero-order valence-corrected chi connectivity index (χ0v) is 7.73. The first kappa shape index (κ1) is 10.8. The van der Waals surface area contributed by atoms with Gasteiger partial charge in [-0.15, -0.1) is 0 Å². The highest BCUT2D eigenvalue weighted by Gasteiger charge is 2.12. The molecule has 3 N–H and O–H groups in total. The number of nitrogens with one attached hydrogen (secondary N) is 1. The lowest BCUT2D eigenvalue weighted by Crippen LogP contribution is -2.33. The van der Waals surface area contributed by atoms with Crippen molar-refractivity contribution in [2.75, 3.05) is 18.8 Å². The molecule has 0 aromatic heterocycles. The fraction of sp³-hybridized carbons (Fsp3) is 0.857. The molecule has 0 saturated carbocycles. The van der Waals surface area contributed by atoms with Crippen LogP contribution in [0.4, 0.5) is 0 Å². The summed E-state index contributed by atoms with van der Waals surface area (Å²) in [5.41, 5.74) is 5.15. The molecule has 1 atom stereocenters. The Labute approximate surface area is 73.1 Å². The van der Waals surface area contributed by atoms with Gasteiger partial charge in [-0.2, -0.15) is 12.6 Å². The third-order valence-corrected chi connectivity index (χ3v) is 1.78. The first-order valence-electron chi connectivity index (χ1n) is 3.83. The fourth-order valence-electron chi connectivity index (χ4n) is 0.819. The molecular weight excluding hydrogens is 160 g/mol. The second-order valence-electron chi connectivity index (χ2n) is 2.42. The van der Waals surface area contributed by atoms with Gasteiger partial charge in [-0.3, -0.25) is 4.79 Å². The van der Waals surface area contributed by atoms with Crippen molar-refractivity contribution in [1.29, 1.82) is 0 Å². The van der Waals surface area contributed by atoms with Gasteiger partial charge in [0.25, 0.3) is 0 Å². The normalized spacial score (nSPS) is 12.9. The first-order chi connectivity index (χ1) is 5.22. The standard InChI is InChI=1S/C7H16N2OS/c1-2-9-5-6(3-4-11)7(8)10/h6,9,11H,2-5H2,1H3,(H2,8,10). The van der Waals surface area contributed by atoms with Gasteiger partial charge in [0.05, 0.1) is 5.92 Å². The number of thiol groups is 1. The molecule has 3 nitrogen and oxygen atoms in total. The summed E-state index contributed by atoms with van der Waals surface area (Å²) in [5.74, 6) is 0.409. The van der Waals surface area contributed by atoms with Crippen LogP contribution >= 0.6 is 12.6 Å². The lowest BCUT2D eigenvalue weighted by molar-refractivity contribution is -0.121. The minimum atomic E-state index is -0.236. The number of carbonyl (C=O) groups excluding carboxylic acids is 1. The van der Waals surface area contributed by atoms with Crippen molar-refractivity contribution >= 4 is 18.5 Å². The van der Waals surface area contributed by atoms with Crippen LogP contribution in [0.5, 0.6) is 0 Å². The molecule has 0 aliphatic heterocycles. The predicted octanol–water partition coefficient (Wildman–Crippen LogP) is 0.0173. The summed E-state index contributed by atoms with van der Waals surface area (Å²) in [6, 6.07) is 0. The molecule has 66 valence electrons. The quantitative estimate of drug-likeness (QED) is 0.500. The molecule has 1 amide bonds. The maximum Gasteiger partial charge on any atom is 0.221 e. The SMILES string of the molecule is CCNCC(CCS)C(N)=O. The van der Waals surface area contributed by atoms with Gasteiger partial charge >= 0.3 is 0 Å². The number of hydrogen-bond donors (Lipinski definition) is 3.